The largest absolute Gasteiger partial charge is 0.416 e. The standard InChI is InChI=1S/C23H21F3N4O/c24-23(25,26)18-6-4-5-16(15-18)8-13-21(31)27-19-11-9-17(10-12-19)22-29-28-20-7-2-1-3-14-30(20)22/h4-6,8-13,15H,1-3,7,14H2,(H,27,31). The van der Waals surface area contributed by atoms with Gasteiger partial charge in [0.25, 0.3) is 0 Å². The van der Waals surface area contributed by atoms with Crippen LogP contribution in [0.1, 0.15) is 36.2 Å². The van der Waals surface area contributed by atoms with Crippen LogP contribution in [0, 0.1) is 0 Å². The van der Waals surface area contributed by atoms with Crippen molar-refractivity contribution in [2.24, 2.45) is 0 Å². The second-order valence-corrected chi connectivity index (χ2v) is 7.43. The molecule has 4 rings (SSSR count). The van der Waals surface area contributed by atoms with Gasteiger partial charge >= 0.3 is 6.18 Å². The van der Waals surface area contributed by atoms with Crippen LogP contribution in [-0.2, 0) is 23.9 Å². The lowest BCUT2D eigenvalue weighted by Crippen LogP contribution is -2.08. The van der Waals surface area contributed by atoms with Crippen molar-refractivity contribution in [3.05, 3.63) is 71.6 Å². The number of amides is 1. The number of nitrogens with one attached hydrogen (secondary N) is 1. The maximum absolute atomic E-state index is 12.8. The highest BCUT2D eigenvalue weighted by Crippen LogP contribution is 2.30. The van der Waals surface area contributed by atoms with Crippen LogP contribution in [0.5, 0.6) is 0 Å². The van der Waals surface area contributed by atoms with E-state index in [1.807, 2.05) is 12.1 Å². The van der Waals surface area contributed by atoms with Crippen LogP contribution in [0.25, 0.3) is 17.5 Å². The summed E-state index contributed by atoms with van der Waals surface area (Å²) < 4.78 is 40.5. The Kier molecular flexibility index (Phi) is 5.88. The van der Waals surface area contributed by atoms with Crippen molar-refractivity contribution < 1.29 is 18.0 Å². The highest BCUT2D eigenvalue weighted by Gasteiger charge is 2.30. The fourth-order valence-corrected chi connectivity index (χ4v) is 3.58. The van der Waals surface area contributed by atoms with Gasteiger partial charge in [-0.2, -0.15) is 13.2 Å². The number of alkyl halides is 3. The molecule has 160 valence electrons. The van der Waals surface area contributed by atoms with Gasteiger partial charge in [0.2, 0.25) is 5.91 Å². The maximum Gasteiger partial charge on any atom is 0.416 e. The van der Waals surface area contributed by atoms with E-state index in [0.29, 0.717) is 11.3 Å². The number of rotatable bonds is 4. The van der Waals surface area contributed by atoms with E-state index < -0.39 is 17.6 Å². The molecule has 0 fully saturated rings. The summed E-state index contributed by atoms with van der Waals surface area (Å²) in [6.07, 6.45) is 2.48. The summed E-state index contributed by atoms with van der Waals surface area (Å²) in [6, 6.07) is 12.1. The molecule has 3 aromatic rings. The highest BCUT2D eigenvalue weighted by atomic mass is 19.4. The molecule has 5 nitrogen and oxygen atoms in total. The number of nitrogens with zero attached hydrogens (tertiary/aromatic N) is 3. The van der Waals surface area contributed by atoms with E-state index in [2.05, 4.69) is 20.1 Å². The van der Waals surface area contributed by atoms with Gasteiger partial charge in [-0.05, 0) is 60.9 Å². The monoisotopic (exact) mass is 426 g/mol. The van der Waals surface area contributed by atoms with Crippen molar-refractivity contribution >= 4 is 17.7 Å². The summed E-state index contributed by atoms with van der Waals surface area (Å²) in [5, 5.41) is 11.3. The van der Waals surface area contributed by atoms with E-state index in [4.69, 9.17) is 0 Å². The molecule has 1 aliphatic heterocycles. The van der Waals surface area contributed by atoms with Crippen LogP contribution in [-0.4, -0.2) is 20.7 Å². The number of aromatic nitrogens is 3. The van der Waals surface area contributed by atoms with E-state index in [0.717, 1.165) is 55.2 Å². The first kappa shape index (κ1) is 20.8. The van der Waals surface area contributed by atoms with Gasteiger partial charge in [-0.15, -0.1) is 10.2 Å². The molecule has 0 radical (unpaired) electrons. The number of aryl methyl sites for hydroxylation is 1. The van der Waals surface area contributed by atoms with Gasteiger partial charge < -0.3 is 9.88 Å². The number of carbonyl (C=O) groups excluding carboxylic acids is 1. The van der Waals surface area contributed by atoms with Crippen LogP contribution in [0.4, 0.5) is 18.9 Å². The summed E-state index contributed by atoms with van der Waals surface area (Å²) in [5.41, 5.74) is 1.04. The zero-order chi connectivity index (χ0) is 21.8. The van der Waals surface area contributed by atoms with E-state index in [-0.39, 0.29) is 0 Å². The molecule has 31 heavy (non-hydrogen) atoms. The first-order chi connectivity index (χ1) is 14.9. The number of anilines is 1. The lowest BCUT2D eigenvalue weighted by Gasteiger charge is -2.08. The number of hydrogen-bond acceptors (Lipinski definition) is 3. The van der Waals surface area contributed by atoms with Crippen LogP contribution in [0.2, 0.25) is 0 Å². The average molecular weight is 426 g/mol. The zero-order valence-electron chi connectivity index (χ0n) is 16.7. The maximum atomic E-state index is 12.8. The van der Waals surface area contributed by atoms with Crippen molar-refractivity contribution in [3.63, 3.8) is 0 Å². The summed E-state index contributed by atoms with van der Waals surface area (Å²) in [5.74, 6) is 1.39. The van der Waals surface area contributed by atoms with Crippen LogP contribution < -0.4 is 5.32 Å². The highest BCUT2D eigenvalue weighted by molar-refractivity contribution is 6.02. The van der Waals surface area contributed by atoms with Gasteiger partial charge in [-0.25, -0.2) is 0 Å². The molecule has 8 heteroatoms. The van der Waals surface area contributed by atoms with Gasteiger partial charge in [-0.3, -0.25) is 4.79 Å². The van der Waals surface area contributed by atoms with Crippen LogP contribution >= 0.6 is 0 Å². The molecule has 0 unspecified atom stereocenters. The van der Waals surface area contributed by atoms with Gasteiger partial charge in [0.15, 0.2) is 5.82 Å². The number of halogens is 3. The van der Waals surface area contributed by atoms with Gasteiger partial charge in [0.05, 0.1) is 5.56 Å². The number of hydrogen-bond donors (Lipinski definition) is 1. The number of benzene rings is 2. The normalized spacial score (nSPS) is 14.3. The van der Waals surface area contributed by atoms with E-state index >= 15 is 0 Å². The van der Waals surface area contributed by atoms with E-state index in [1.165, 1.54) is 30.7 Å². The summed E-state index contributed by atoms with van der Waals surface area (Å²) in [4.78, 5) is 12.2. The Bertz CT molecular complexity index is 1100. The minimum atomic E-state index is -4.42. The van der Waals surface area contributed by atoms with Gasteiger partial charge in [0, 0.05) is 30.3 Å². The Hall–Kier alpha value is -3.42. The first-order valence-electron chi connectivity index (χ1n) is 10.1. The van der Waals surface area contributed by atoms with Crippen molar-refractivity contribution in [2.45, 2.75) is 38.4 Å². The number of fused-ring (bicyclic) bond motifs is 1. The Balaban J connectivity index is 1.42. The topological polar surface area (TPSA) is 59.8 Å². The third kappa shape index (κ3) is 5.02. The smallest absolute Gasteiger partial charge is 0.323 e. The van der Waals surface area contributed by atoms with Crippen LogP contribution in [0.15, 0.2) is 54.6 Å². The Morgan fingerprint density at radius 1 is 1.03 bits per heavy atom. The van der Waals surface area contributed by atoms with Gasteiger partial charge in [0.1, 0.15) is 5.82 Å². The third-order valence-electron chi connectivity index (χ3n) is 5.16. The molecular formula is C23H21F3N4O. The minimum absolute atomic E-state index is 0.299. The predicted molar refractivity (Wildman–Crippen MR) is 112 cm³/mol. The summed E-state index contributed by atoms with van der Waals surface area (Å²) in [6.45, 7) is 0.899. The Morgan fingerprint density at radius 3 is 2.61 bits per heavy atom. The molecule has 2 aromatic carbocycles. The van der Waals surface area contributed by atoms with Crippen molar-refractivity contribution in [1.82, 2.24) is 14.8 Å². The minimum Gasteiger partial charge on any atom is -0.323 e. The fraction of sp³-hybridized carbons (Fsp3) is 0.261. The number of carbonyl (C=O) groups is 1. The average Bonchev–Trinajstić information content (AvgIpc) is 3.00. The van der Waals surface area contributed by atoms with Crippen molar-refractivity contribution in [2.75, 3.05) is 5.32 Å². The summed E-state index contributed by atoms with van der Waals surface area (Å²) >= 11 is 0. The molecule has 1 N–H and O–H groups in total. The molecule has 0 spiro atoms. The molecule has 0 saturated carbocycles. The first-order valence-corrected chi connectivity index (χ1v) is 10.1. The lowest BCUT2D eigenvalue weighted by molar-refractivity contribution is -0.137. The van der Waals surface area contributed by atoms with Crippen molar-refractivity contribution in [3.8, 4) is 11.4 Å². The third-order valence-corrected chi connectivity index (χ3v) is 5.16. The second-order valence-electron chi connectivity index (χ2n) is 7.43. The second kappa shape index (κ2) is 8.75. The summed E-state index contributed by atoms with van der Waals surface area (Å²) in [7, 11) is 0. The molecule has 2 heterocycles. The molecule has 1 amide bonds. The molecular weight excluding hydrogens is 405 g/mol. The SMILES string of the molecule is O=C(C=Cc1cccc(C(F)(F)F)c1)Nc1ccc(-c2nnc3n2CCCCC3)cc1. The molecule has 0 bridgehead atoms. The van der Waals surface area contributed by atoms with Crippen LogP contribution in [0.3, 0.4) is 0 Å². The van der Waals surface area contributed by atoms with Gasteiger partial charge in [-0.1, -0.05) is 18.6 Å². The lowest BCUT2D eigenvalue weighted by atomic mass is 10.1. The quantitative estimate of drug-likeness (QED) is 0.573. The molecule has 0 saturated heterocycles. The van der Waals surface area contributed by atoms with E-state index in [1.54, 1.807) is 12.1 Å². The fourth-order valence-electron chi connectivity index (χ4n) is 3.58. The molecule has 0 aliphatic carbocycles. The molecule has 0 atom stereocenters. The molecule has 1 aliphatic rings. The Labute approximate surface area is 177 Å². The Morgan fingerprint density at radius 2 is 1.84 bits per heavy atom. The predicted octanol–water partition coefficient (Wildman–Crippen LogP) is 5.34. The van der Waals surface area contributed by atoms with E-state index in [9.17, 15) is 18.0 Å². The van der Waals surface area contributed by atoms with Crippen molar-refractivity contribution in [1.29, 1.82) is 0 Å². The molecule has 1 aromatic heterocycles. The zero-order valence-corrected chi connectivity index (χ0v) is 16.7.